The van der Waals surface area contributed by atoms with Crippen molar-refractivity contribution >= 4 is 13.6 Å². The number of benzene rings is 1. The summed E-state index contributed by atoms with van der Waals surface area (Å²) < 4.78 is 10.7. The van der Waals surface area contributed by atoms with Gasteiger partial charge in [0.15, 0.2) is 0 Å². The number of nitrogens with one attached hydrogen (secondary N) is 1. The molecule has 2 unspecified atom stereocenters. The van der Waals surface area contributed by atoms with Crippen molar-refractivity contribution < 1.29 is 29.4 Å². The van der Waals surface area contributed by atoms with Gasteiger partial charge in [-0.25, -0.2) is 0 Å². The molecule has 0 saturated heterocycles. The maximum atomic E-state index is 11.0. The number of carbonyl (C=O) groups is 1. The second kappa shape index (κ2) is 6.08. The van der Waals surface area contributed by atoms with E-state index < -0.39 is 32.0 Å². The summed E-state index contributed by atoms with van der Waals surface area (Å²) in [7, 11) is -4.38. The third-order valence-corrected chi connectivity index (χ3v) is 2.83. The van der Waals surface area contributed by atoms with Crippen LogP contribution in [-0.4, -0.2) is 38.3 Å². The number of aliphatic hydroxyl groups is 1. The molecule has 0 aromatic heterocycles. The minimum absolute atomic E-state index is 0.350. The molecule has 0 amide bonds. The van der Waals surface area contributed by atoms with Gasteiger partial charge in [-0.3, -0.25) is 14.7 Å². The minimum Gasteiger partial charge on any atom is -0.480 e. The van der Waals surface area contributed by atoms with Gasteiger partial charge >= 0.3 is 13.6 Å². The maximum Gasteiger partial charge on any atom is 0.339 e. The standard InChI is InChI=1S/C10H14NO6P/c12-9(7-4-2-1-3-5-7)8(10(13)14)11-6-18(15,16)17/h1-5,8-9,11-12H,6H2,(H,13,14)(H2,15,16,17). The minimum atomic E-state index is -4.38. The summed E-state index contributed by atoms with van der Waals surface area (Å²) in [6.07, 6.45) is -2.20. The number of aliphatic carboxylic acids is 1. The Kier molecular flexibility index (Phi) is 5.01. The van der Waals surface area contributed by atoms with Gasteiger partial charge in [0.2, 0.25) is 0 Å². The smallest absolute Gasteiger partial charge is 0.339 e. The molecule has 0 fully saturated rings. The van der Waals surface area contributed by atoms with Crippen molar-refractivity contribution in [3.63, 3.8) is 0 Å². The first-order valence-corrected chi connectivity index (χ1v) is 6.85. The molecule has 0 aliphatic rings. The van der Waals surface area contributed by atoms with E-state index in [9.17, 15) is 14.5 Å². The lowest BCUT2D eigenvalue weighted by atomic mass is 10.0. The molecule has 18 heavy (non-hydrogen) atoms. The molecular weight excluding hydrogens is 261 g/mol. The first-order chi connectivity index (χ1) is 8.31. The summed E-state index contributed by atoms with van der Waals surface area (Å²) in [5.74, 6) is -1.39. The molecule has 0 aliphatic heterocycles. The fraction of sp³-hybridized carbons (Fsp3) is 0.300. The molecule has 0 aliphatic carbocycles. The van der Waals surface area contributed by atoms with Gasteiger partial charge in [-0.2, -0.15) is 0 Å². The van der Waals surface area contributed by atoms with E-state index in [4.69, 9.17) is 14.9 Å². The highest BCUT2D eigenvalue weighted by Gasteiger charge is 2.29. The lowest BCUT2D eigenvalue weighted by Gasteiger charge is -2.21. The monoisotopic (exact) mass is 275 g/mol. The molecule has 0 heterocycles. The number of rotatable bonds is 6. The Labute approximate surface area is 103 Å². The Hall–Kier alpha value is -1.24. The summed E-state index contributed by atoms with van der Waals surface area (Å²) in [4.78, 5) is 28.3. The molecule has 7 nitrogen and oxygen atoms in total. The molecule has 1 aromatic carbocycles. The van der Waals surface area contributed by atoms with Gasteiger partial charge in [0.1, 0.15) is 12.1 Å². The summed E-state index contributed by atoms with van der Waals surface area (Å²) >= 11 is 0. The van der Waals surface area contributed by atoms with E-state index in [0.717, 1.165) is 0 Å². The SMILES string of the molecule is O=C(O)C(NCP(=O)(O)O)C(O)c1ccccc1. The van der Waals surface area contributed by atoms with Crippen molar-refractivity contribution in [3.8, 4) is 0 Å². The number of aliphatic hydroxyl groups excluding tert-OH is 1. The highest BCUT2D eigenvalue weighted by atomic mass is 31.2. The van der Waals surface area contributed by atoms with E-state index in [1.807, 2.05) is 0 Å². The molecule has 0 radical (unpaired) electrons. The van der Waals surface area contributed by atoms with E-state index in [0.29, 0.717) is 5.56 Å². The van der Waals surface area contributed by atoms with Crippen molar-refractivity contribution in [2.24, 2.45) is 0 Å². The van der Waals surface area contributed by atoms with Gasteiger partial charge in [-0.05, 0) is 5.56 Å². The Morgan fingerprint density at radius 1 is 1.28 bits per heavy atom. The summed E-state index contributed by atoms with van der Waals surface area (Å²) in [6, 6.07) is 6.52. The molecule has 5 N–H and O–H groups in total. The van der Waals surface area contributed by atoms with Gasteiger partial charge in [0.05, 0.1) is 6.29 Å². The van der Waals surface area contributed by atoms with Crippen LogP contribution >= 0.6 is 7.60 Å². The van der Waals surface area contributed by atoms with E-state index >= 15 is 0 Å². The van der Waals surface area contributed by atoms with Crippen molar-refractivity contribution in [2.75, 3.05) is 6.29 Å². The van der Waals surface area contributed by atoms with Crippen LogP contribution in [-0.2, 0) is 9.36 Å². The largest absolute Gasteiger partial charge is 0.480 e. The molecule has 1 rings (SSSR count). The van der Waals surface area contributed by atoms with E-state index in [1.165, 1.54) is 12.1 Å². The van der Waals surface area contributed by atoms with Crippen molar-refractivity contribution in [1.29, 1.82) is 0 Å². The van der Waals surface area contributed by atoms with Crippen LogP contribution in [0.3, 0.4) is 0 Å². The van der Waals surface area contributed by atoms with E-state index in [1.54, 1.807) is 18.2 Å². The highest BCUT2D eigenvalue weighted by Crippen LogP contribution is 2.32. The summed E-state index contributed by atoms with van der Waals surface area (Å²) in [5.41, 5.74) is 0.350. The van der Waals surface area contributed by atoms with Crippen molar-refractivity contribution in [1.82, 2.24) is 5.32 Å². The number of carboxylic acid groups (broad SMARTS) is 1. The van der Waals surface area contributed by atoms with E-state index in [2.05, 4.69) is 5.32 Å². The van der Waals surface area contributed by atoms with Crippen LogP contribution in [0.2, 0.25) is 0 Å². The Morgan fingerprint density at radius 3 is 2.28 bits per heavy atom. The Bertz CT molecular complexity index is 445. The average molecular weight is 275 g/mol. The topological polar surface area (TPSA) is 127 Å². The number of carboxylic acids is 1. The highest BCUT2D eigenvalue weighted by molar-refractivity contribution is 7.51. The zero-order valence-electron chi connectivity index (χ0n) is 9.30. The molecule has 2 atom stereocenters. The van der Waals surface area contributed by atoms with Crippen LogP contribution in [0.1, 0.15) is 11.7 Å². The average Bonchev–Trinajstić information content (AvgIpc) is 2.28. The van der Waals surface area contributed by atoms with Gasteiger partial charge in [-0.1, -0.05) is 30.3 Å². The van der Waals surface area contributed by atoms with Crippen molar-refractivity contribution in [2.45, 2.75) is 12.1 Å². The lowest BCUT2D eigenvalue weighted by Crippen LogP contribution is -2.42. The van der Waals surface area contributed by atoms with Gasteiger partial charge < -0.3 is 20.0 Å². The van der Waals surface area contributed by atoms with Gasteiger partial charge in [0.25, 0.3) is 0 Å². The molecule has 1 aromatic rings. The lowest BCUT2D eigenvalue weighted by molar-refractivity contribution is -0.142. The molecule has 8 heteroatoms. The third kappa shape index (κ3) is 4.56. The Balaban J connectivity index is 2.79. The number of hydrogen-bond acceptors (Lipinski definition) is 4. The van der Waals surface area contributed by atoms with Gasteiger partial charge in [-0.15, -0.1) is 0 Å². The molecule has 0 saturated carbocycles. The quantitative estimate of drug-likeness (QED) is 0.459. The second-order valence-electron chi connectivity index (χ2n) is 3.70. The zero-order valence-corrected chi connectivity index (χ0v) is 10.2. The summed E-state index contributed by atoms with van der Waals surface area (Å²) in [6.45, 7) is 0. The van der Waals surface area contributed by atoms with Crippen molar-refractivity contribution in [3.05, 3.63) is 35.9 Å². The first-order valence-electron chi connectivity index (χ1n) is 5.05. The first kappa shape index (κ1) is 14.8. The van der Waals surface area contributed by atoms with E-state index in [-0.39, 0.29) is 0 Å². The maximum absolute atomic E-state index is 11.0. The molecular formula is C10H14NO6P. The fourth-order valence-electron chi connectivity index (χ4n) is 1.39. The molecule has 0 spiro atoms. The predicted octanol–water partition coefficient (Wildman–Crippen LogP) is -0.102. The zero-order chi connectivity index (χ0) is 13.8. The van der Waals surface area contributed by atoms with Crippen LogP contribution in [0.5, 0.6) is 0 Å². The predicted molar refractivity (Wildman–Crippen MR) is 62.9 cm³/mol. The van der Waals surface area contributed by atoms with Crippen LogP contribution in [0.25, 0.3) is 0 Å². The van der Waals surface area contributed by atoms with Crippen LogP contribution in [0.4, 0.5) is 0 Å². The normalized spacial score (nSPS) is 15.1. The van der Waals surface area contributed by atoms with Crippen LogP contribution in [0.15, 0.2) is 30.3 Å². The number of hydrogen-bond donors (Lipinski definition) is 5. The summed E-state index contributed by atoms with van der Waals surface area (Å²) in [5, 5.41) is 20.9. The third-order valence-electron chi connectivity index (χ3n) is 2.24. The van der Waals surface area contributed by atoms with Crippen LogP contribution in [0, 0.1) is 0 Å². The van der Waals surface area contributed by atoms with Crippen LogP contribution < -0.4 is 5.32 Å². The molecule has 0 bridgehead atoms. The second-order valence-corrected chi connectivity index (χ2v) is 5.34. The Morgan fingerprint density at radius 2 is 1.83 bits per heavy atom. The van der Waals surface area contributed by atoms with Gasteiger partial charge in [0, 0.05) is 0 Å². The fourth-order valence-corrected chi connectivity index (χ4v) is 1.83. The molecule has 100 valence electrons.